The smallest absolute Gasteiger partial charge is 0.325 e. The Labute approximate surface area is 664 Å². The Morgan fingerprint density at radius 1 is 0.643 bits per heavy atom. The predicted octanol–water partition coefficient (Wildman–Crippen LogP) is 4.42. The molecule has 19 N–H and O–H groups in total. The second-order valence-electron chi connectivity index (χ2n) is 30.9. The van der Waals surface area contributed by atoms with E-state index in [1.54, 1.807) is 12.1 Å². The van der Waals surface area contributed by atoms with E-state index in [-0.39, 0.29) is 91.4 Å². The number of anilines is 1. The van der Waals surface area contributed by atoms with Crippen LogP contribution in [0.2, 0.25) is 5.02 Å². The molecular weight excluding hydrogens is 1520 g/mol. The third-order valence-corrected chi connectivity index (χ3v) is 22.6. The average Bonchev–Trinajstić information content (AvgIpc) is 0.760. The van der Waals surface area contributed by atoms with Gasteiger partial charge in [-0.25, -0.2) is 4.79 Å². The molecule has 5 fully saturated rings. The highest BCUT2D eigenvalue weighted by Gasteiger charge is 2.51. The number of hydrogen-bond acceptors (Lipinski definition) is 24. The molecule has 0 unspecified atom stereocenters. The van der Waals surface area contributed by atoms with Crippen LogP contribution in [-0.4, -0.2) is 180 Å². The molecule has 15 bridgehead atoms. The number of amides is 10. The maximum atomic E-state index is 16.4. The van der Waals surface area contributed by atoms with Crippen LogP contribution in [0.3, 0.4) is 0 Å². The van der Waals surface area contributed by atoms with Gasteiger partial charge in [0.15, 0.2) is 11.5 Å². The molecule has 14 atom stereocenters. The van der Waals surface area contributed by atoms with Crippen LogP contribution in [0.5, 0.6) is 51.7 Å². The Balaban J connectivity index is 0.986. The van der Waals surface area contributed by atoms with Crippen molar-refractivity contribution in [2.75, 3.05) is 25.6 Å². The van der Waals surface area contributed by atoms with Gasteiger partial charge in [0, 0.05) is 28.9 Å². The third kappa shape index (κ3) is 17.8. The van der Waals surface area contributed by atoms with Gasteiger partial charge in [-0.15, -0.1) is 0 Å². The van der Waals surface area contributed by atoms with E-state index >= 15 is 28.8 Å². The molecule has 16 rings (SSSR count). The zero-order valence-corrected chi connectivity index (χ0v) is 64.0. The highest BCUT2D eigenvalue weighted by Crippen LogP contribution is 2.55. The number of unbranched alkanes of at least 4 members (excludes halogenated alkanes) is 1. The summed E-state index contributed by atoms with van der Waals surface area (Å²) in [7, 11) is 1.49. The minimum absolute atomic E-state index is 0.0511. The van der Waals surface area contributed by atoms with Gasteiger partial charge in [-0.05, 0) is 201 Å². The normalized spacial score (nSPS) is 27.9. The number of likely N-dealkylation sites (N-methyl/N-ethyl adjacent to an activating group) is 1. The average molecular weight is 1610 g/mol. The fourth-order valence-electron chi connectivity index (χ4n) is 16.6. The molecule has 33 nitrogen and oxygen atoms in total. The predicted molar refractivity (Wildman–Crippen MR) is 409 cm³/mol. The van der Waals surface area contributed by atoms with E-state index in [4.69, 9.17) is 35.3 Å². The molecule has 6 aliphatic heterocycles. The number of carbonyl (C=O) groups excluding carboxylic acids is 9. The number of hydrogen-bond donors (Lipinski definition) is 19. The van der Waals surface area contributed by atoms with Gasteiger partial charge >= 0.3 is 6.03 Å². The fourth-order valence-corrected chi connectivity index (χ4v) is 16.9. The number of rotatable bonds is 17. The number of aliphatic hydroxyl groups is 6. The first-order valence-corrected chi connectivity index (χ1v) is 38.6. The lowest BCUT2D eigenvalue weighted by molar-refractivity contribution is -0.277. The number of phenolic OH excluding ortho intramolecular Hbond substituents is 3. The van der Waals surface area contributed by atoms with E-state index in [1.165, 1.54) is 56.4 Å². The van der Waals surface area contributed by atoms with Crippen LogP contribution >= 0.6 is 11.6 Å². The minimum atomic E-state index is -2.36. The summed E-state index contributed by atoms with van der Waals surface area (Å²) in [5.74, 6) is -12.4. The second kappa shape index (κ2) is 34.7. The summed E-state index contributed by atoms with van der Waals surface area (Å²) in [5.41, 5.74) is -1.65. The Hall–Kier alpha value is -10.9. The van der Waals surface area contributed by atoms with Crippen LogP contribution in [0.4, 0.5) is 10.5 Å². The van der Waals surface area contributed by atoms with E-state index in [1.807, 2.05) is 20.8 Å². The molecule has 10 aliphatic rings. The summed E-state index contributed by atoms with van der Waals surface area (Å²) in [5, 5.41) is 131. The molecule has 0 aromatic heterocycles. The lowest BCUT2D eigenvalue weighted by Gasteiger charge is -2.54. The maximum Gasteiger partial charge on any atom is 0.325 e. The van der Waals surface area contributed by atoms with E-state index in [0.29, 0.717) is 24.2 Å². The van der Waals surface area contributed by atoms with Crippen LogP contribution < -0.4 is 72.1 Å². The maximum absolute atomic E-state index is 16.4. The number of carbonyl (C=O) groups is 9. The Morgan fingerprint density at radius 2 is 1.29 bits per heavy atom. The van der Waals surface area contributed by atoms with Crippen LogP contribution in [0.1, 0.15) is 142 Å². The zero-order chi connectivity index (χ0) is 82.1. The van der Waals surface area contributed by atoms with Crippen LogP contribution in [0.15, 0.2) is 103 Å². The summed E-state index contributed by atoms with van der Waals surface area (Å²) < 4.78 is 31.4. The Morgan fingerprint density at radius 3 is 1.94 bits per heavy atom. The fraction of sp³-hybridized carbons (Fsp3) is 0.444. The van der Waals surface area contributed by atoms with Crippen molar-refractivity contribution in [2.45, 2.75) is 177 Å². The van der Waals surface area contributed by atoms with E-state index < -0.39 is 192 Å². The summed E-state index contributed by atoms with van der Waals surface area (Å²) >= 11 is 7.17. The lowest BCUT2D eigenvalue weighted by atomic mass is 9.54. The SMILES string of the molecule is CCCCOc1ccc(NC(=O)NC(=O)C[C@@H]2NC(=O)[C@H](NC(=O)[C@@H](CC(C)C)NC)[C@H](O)c3ccc(c(C)c3)Oc3cc4cc(c3O[C@@H]3O[C@H](CO)[C@@H](O)[C@H](O)[C@H]3O)Oc3ccc(cc3Cl)[C@@H](O)[C@@H]3NC(=O)[C@H](NC(=O)[C@@H]4NC2=O)c2ccc(O)c(c2)-c2c(O)cc(O)cc2[C@@H](C(=O)NC2C4CC5CC(C4)CC2C5)NC3=O)cc1. The summed E-state index contributed by atoms with van der Waals surface area (Å²) in [4.78, 5) is 137. The molecular formula is C81H93ClN10O23. The number of fused-ring (bicyclic) bond motifs is 15. The summed E-state index contributed by atoms with van der Waals surface area (Å²) in [6.07, 6.45) is -8.90. The second-order valence-corrected chi connectivity index (χ2v) is 31.3. The number of aryl methyl sites for hydroxylation is 1. The number of urea groups is 1. The molecule has 34 heteroatoms. The van der Waals surface area contributed by atoms with E-state index in [0.717, 1.165) is 93.5 Å². The zero-order valence-electron chi connectivity index (χ0n) is 63.3. The lowest BCUT2D eigenvalue weighted by Crippen LogP contribution is -2.60. The number of nitrogens with one attached hydrogen (secondary N) is 10. The highest BCUT2D eigenvalue weighted by atomic mass is 35.5. The van der Waals surface area contributed by atoms with E-state index in [2.05, 4.69) is 53.2 Å². The molecule has 612 valence electrons. The number of phenols is 3. The number of aliphatic hydroxyl groups excluding tert-OH is 6. The largest absolute Gasteiger partial charge is 0.508 e. The molecule has 6 aromatic carbocycles. The monoisotopic (exact) mass is 1610 g/mol. The van der Waals surface area contributed by atoms with Crippen LogP contribution in [-0.2, 0) is 43.1 Å². The highest BCUT2D eigenvalue weighted by molar-refractivity contribution is 6.32. The van der Waals surface area contributed by atoms with Crippen molar-refractivity contribution < 1.29 is 113 Å². The molecule has 1 saturated heterocycles. The van der Waals surface area contributed by atoms with Gasteiger partial charge in [0.2, 0.25) is 59.3 Å². The number of ether oxygens (including phenoxy) is 5. The molecule has 6 heterocycles. The standard InChI is InChI=1S/C81H93ClN10O23/c1-6-7-18-111-46-13-11-44(12-14-46)84-81(110)86-59(97)32-51-74(104)88-63-43-28-56(112-54-16-9-39(20-35(54)4)67(98)65(78(108)85-51)91-73(103)50(83-5)19-34(2)3)72(115-80-71(102)70(101)69(100)58(33-93)114-80)57(29-43)113-55-17-10-40(27-49(55)82)68(99)66-79(109)90-64(77(107)87-61-41-22-36-21-37(24-41)25-42(61)23-36)48-30-45(94)31-53(96)60(48)47-26-38(8-15-52(47)95)62(75(105)92-66)89-76(63)106/h8-17,20,26-31,34,36-37,41-42,50-51,58,61-71,80,83,93-96,98-102H,6-7,18-19,21-25,32-33H2,1-5H3,(H,85,108)(H,87,107)(H,88,104)(H,89,106)(H,90,109)(H,91,103)(H,92,105)(H2,84,86,97,110)/t36?,37?,41?,42?,50-,51+,58-,61?,62-,63-,64+,65-,66+,67-,68-,69-,70+,71-,80+/m1/s1. The van der Waals surface area contributed by atoms with Crippen molar-refractivity contribution in [3.8, 4) is 62.9 Å². The van der Waals surface area contributed by atoms with Crippen LogP contribution in [0, 0.1) is 36.5 Å². The van der Waals surface area contributed by atoms with Gasteiger partial charge in [0.05, 0.1) is 30.7 Å². The first-order chi connectivity index (χ1) is 54.9. The molecule has 6 aromatic rings. The number of halogens is 1. The van der Waals surface area contributed by atoms with Crippen molar-refractivity contribution in [1.82, 2.24) is 47.9 Å². The van der Waals surface area contributed by atoms with Gasteiger partial charge in [0.1, 0.15) is 107 Å². The molecule has 10 amide bonds. The van der Waals surface area contributed by atoms with Crippen molar-refractivity contribution in [1.29, 1.82) is 0 Å². The van der Waals surface area contributed by atoms with Crippen molar-refractivity contribution in [3.63, 3.8) is 0 Å². The summed E-state index contributed by atoms with van der Waals surface area (Å²) in [6, 6.07) is 5.68. The molecule has 4 saturated carbocycles. The molecule has 0 spiro atoms. The van der Waals surface area contributed by atoms with Gasteiger partial charge in [-0.3, -0.25) is 43.7 Å². The number of benzene rings is 6. The topological polar surface area (TPSA) is 502 Å². The molecule has 4 aliphatic carbocycles. The van der Waals surface area contributed by atoms with Crippen molar-refractivity contribution >= 4 is 70.6 Å². The Kier molecular flexibility index (Phi) is 24.8. The Bertz CT molecular complexity index is 4710. The first-order valence-electron chi connectivity index (χ1n) is 38.2. The van der Waals surface area contributed by atoms with Gasteiger partial charge < -0.3 is 117 Å². The first kappa shape index (κ1) is 82.1. The minimum Gasteiger partial charge on any atom is -0.508 e. The quantitative estimate of drug-likeness (QED) is 0.0562. The molecule has 115 heavy (non-hydrogen) atoms. The van der Waals surface area contributed by atoms with E-state index in [9.17, 15) is 60.3 Å². The molecule has 0 radical (unpaired) electrons. The van der Waals surface area contributed by atoms with Gasteiger partial charge in [-0.2, -0.15) is 0 Å². The van der Waals surface area contributed by atoms with Gasteiger partial charge in [0.25, 0.3) is 0 Å². The van der Waals surface area contributed by atoms with Crippen molar-refractivity contribution in [3.05, 3.63) is 142 Å². The van der Waals surface area contributed by atoms with Gasteiger partial charge in [-0.1, -0.05) is 57.0 Å². The van der Waals surface area contributed by atoms with Crippen LogP contribution in [0.25, 0.3) is 11.1 Å². The summed E-state index contributed by atoms with van der Waals surface area (Å²) in [6.45, 7) is 6.63. The number of imide groups is 1. The van der Waals surface area contributed by atoms with Crippen molar-refractivity contribution in [2.24, 2.45) is 29.6 Å². The number of aromatic hydroxyl groups is 3. The third-order valence-electron chi connectivity index (χ3n) is 22.3.